The highest BCUT2D eigenvalue weighted by atomic mass is 79.9. The number of aromatic nitrogens is 3. The number of rotatable bonds is 1. The van der Waals surface area contributed by atoms with Gasteiger partial charge >= 0.3 is 0 Å². The standard InChI is InChI=1S/C20H11Br2N3/c21-13-9-12(10-14(22)11-13)18-20-19(15-5-1-2-6-16(15)23-18)24-17-7-3-4-8-25(17)20/h1-11H. The van der Waals surface area contributed by atoms with Crippen LogP contribution in [0.2, 0.25) is 0 Å². The Labute approximate surface area is 160 Å². The van der Waals surface area contributed by atoms with E-state index in [2.05, 4.69) is 54.5 Å². The third-order valence-electron chi connectivity index (χ3n) is 4.28. The molecule has 0 aliphatic heterocycles. The van der Waals surface area contributed by atoms with E-state index in [1.54, 1.807) is 0 Å². The summed E-state index contributed by atoms with van der Waals surface area (Å²) in [6.07, 6.45) is 2.04. The summed E-state index contributed by atoms with van der Waals surface area (Å²) in [6, 6.07) is 20.4. The van der Waals surface area contributed by atoms with E-state index in [4.69, 9.17) is 9.97 Å². The molecule has 0 atom stereocenters. The van der Waals surface area contributed by atoms with Crippen LogP contribution in [0.15, 0.2) is 75.8 Å². The van der Waals surface area contributed by atoms with Gasteiger partial charge in [0.25, 0.3) is 0 Å². The molecule has 0 saturated heterocycles. The van der Waals surface area contributed by atoms with Crippen molar-refractivity contribution in [3.05, 3.63) is 75.8 Å². The zero-order valence-corrected chi connectivity index (χ0v) is 16.1. The van der Waals surface area contributed by atoms with Crippen molar-refractivity contribution in [2.75, 3.05) is 0 Å². The summed E-state index contributed by atoms with van der Waals surface area (Å²) in [7, 11) is 0. The first-order valence-electron chi connectivity index (χ1n) is 7.83. The van der Waals surface area contributed by atoms with E-state index in [9.17, 15) is 0 Å². The molecule has 0 aliphatic carbocycles. The molecule has 0 radical (unpaired) electrons. The number of halogens is 2. The molecule has 5 rings (SSSR count). The molecule has 3 heterocycles. The largest absolute Gasteiger partial charge is 0.298 e. The van der Waals surface area contributed by atoms with Gasteiger partial charge in [-0.2, -0.15) is 0 Å². The number of nitrogens with zero attached hydrogens (tertiary/aromatic N) is 3. The van der Waals surface area contributed by atoms with E-state index in [1.165, 1.54) is 0 Å². The van der Waals surface area contributed by atoms with Gasteiger partial charge in [-0.1, -0.05) is 56.1 Å². The Bertz CT molecular complexity index is 1250. The van der Waals surface area contributed by atoms with E-state index in [0.717, 1.165) is 47.8 Å². The van der Waals surface area contributed by atoms with E-state index in [-0.39, 0.29) is 0 Å². The van der Waals surface area contributed by atoms with Crippen LogP contribution in [0.3, 0.4) is 0 Å². The van der Waals surface area contributed by atoms with Gasteiger partial charge < -0.3 is 0 Å². The Balaban J connectivity index is 2.03. The average molecular weight is 453 g/mol. The maximum Gasteiger partial charge on any atom is 0.137 e. The molecular weight excluding hydrogens is 442 g/mol. The molecule has 0 N–H and O–H groups in total. The molecule has 2 aromatic carbocycles. The highest BCUT2D eigenvalue weighted by Crippen LogP contribution is 2.35. The first kappa shape index (κ1) is 15.0. The Morgan fingerprint density at radius 1 is 0.800 bits per heavy atom. The zero-order chi connectivity index (χ0) is 17.0. The average Bonchev–Trinajstić information content (AvgIpc) is 3.00. The lowest BCUT2D eigenvalue weighted by Crippen LogP contribution is -1.92. The fraction of sp³-hybridized carbons (Fsp3) is 0. The summed E-state index contributed by atoms with van der Waals surface area (Å²) in [6.45, 7) is 0. The van der Waals surface area contributed by atoms with Gasteiger partial charge in [-0.15, -0.1) is 0 Å². The van der Waals surface area contributed by atoms with Crippen molar-refractivity contribution in [1.29, 1.82) is 0 Å². The molecule has 0 amide bonds. The number of hydrogen-bond donors (Lipinski definition) is 0. The number of fused-ring (bicyclic) bond motifs is 5. The lowest BCUT2D eigenvalue weighted by Gasteiger charge is -2.08. The maximum atomic E-state index is 4.98. The second-order valence-corrected chi connectivity index (χ2v) is 7.70. The molecule has 120 valence electrons. The Hall–Kier alpha value is -2.24. The molecule has 0 fully saturated rings. The van der Waals surface area contributed by atoms with Crippen LogP contribution < -0.4 is 0 Å². The predicted molar refractivity (Wildman–Crippen MR) is 109 cm³/mol. The minimum Gasteiger partial charge on any atom is -0.298 e. The van der Waals surface area contributed by atoms with E-state index < -0.39 is 0 Å². The van der Waals surface area contributed by atoms with Crippen molar-refractivity contribution in [3.8, 4) is 11.3 Å². The minimum absolute atomic E-state index is 0.922. The summed E-state index contributed by atoms with van der Waals surface area (Å²) < 4.78 is 4.13. The molecule has 5 heteroatoms. The molecular formula is C20H11Br2N3. The van der Waals surface area contributed by atoms with Crippen molar-refractivity contribution < 1.29 is 0 Å². The number of hydrogen-bond acceptors (Lipinski definition) is 2. The van der Waals surface area contributed by atoms with Gasteiger partial charge in [0.1, 0.15) is 11.2 Å². The van der Waals surface area contributed by atoms with Crippen LogP contribution in [-0.4, -0.2) is 14.4 Å². The van der Waals surface area contributed by atoms with E-state index >= 15 is 0 Å². The van der Waals surface area contributed by atoms with Gasteiger partial charge in [-0.05, 0) is 36.4 Å². The quantitative estimate of drug-likeness (QED) is 0.302. The van der Waals surface area contributed by atoms with E-state index in [0.29, 0.717) is 0 Å². The minimum atomic E-state index is 0.922. The van der Waals surface area contributed by atoms with Crippen LogP contribution in [0.4, 0.5) is 0 Å². The molecule has 0 bridgehead atoms. The molecule has 0 spiro atoms. The lowest BCUT2D eigenvalue weighted by atomic mass is 10.1. The van der Waals surface area contributed by atoms with Crippen molar-refractivity contribution in [3.63, 3.8) is 0 Å². The second-order valence-electron chi connectivity index (χ2n) is 5.87. The van der Waals surface area contributed by atoms with Gasteiger partial charge in [0, 0.05) is 26.1 Å². The van der Waals surface area contributed by atoms with Gasteiger partial charge in [0.2, 0.25) is 0 Å². The van der Waals surface area contributed by atoms with Crippen LogP contribution in [0.25, 0.3) is 38.8 Å². The van der Waals surface area contributed by atoms with Crippen molar-refractivity contribution in [1.82, 2.24) is 14.4 Å². The van der Waals surface area contributed by atoms with E-state index in [1.807, 2.05) is 48.7 Å². The number of para-hydroxylation sites is 1. The van der Waals surface area contributed by atoms with Gasteiger partial charge in [-0.3, -0.25) is 4.40 Å². The van der Waals surface area contributed by atoms with Gasteiger partial charge in [0.15, 0.2) is 0 Å². The highest BCUT2D eigenvalue weighted by molar-refractivity contribution is 9.11. The fourth-order valence-electron chi connectivity index (χ4n) is 3.25. The van der Waals surface area contributed by atoms with Crippen molar-refractivity contribution >= 4 is 59.4 Å². The number of pyridine rings is 2. The Kier molecular flexibility index (Phi) is 3.40. The fourth-order valence-corrected chi connectivity index (χ4v) is 4.54. The molecule has 0 aliphatic rings. The molecule has 5 aromatic rings. The predicted octanol–water partition coefficient (Wildman–Crippen LogP) is 6.23. The lowest BCUT2D eigenvalue weighted by molar-refractivity contribution is 1.22. The maximum absolute atomic E-state index is 4.98. The third kappa shape index (κ3) is 2.38. The SMILES string of the molecule is Brc1cc(Br)cc(-c2nc3ccccc3c3nc4ccccn4c23)c1. The summed E-state index contributed by atoms with van der Waals surface area (Å²) >= 11 is 7.17. The normalized spacial score (nSPS) is 11.6. The topological polar surface area (TPSA) is 30.2 Å². The highest BCUT2D eigenvalue weighted by Gasteiger charge is 2.16. The van der Waals surface area contributed by atoms with Crippen molar-refractivity contribution in [2.45, 2.75) is 0 Å². The molecule has 25 heavy (non-hydrogen) atoms. The Morgan fingerprint density at radius 2 is 1.56 bits per heavy atom. The van der Waals surface area contributed by atoms with Gasteiger partial charge in [0.05, 0.1) is 16.7 Å². The summed E-state index contributed by atoms with van der Waals surface area (Å²) in [5, 5.41) is 1.07. The summed E-state index contributed by atoms with van der Waals surface area (Å²) in [5.74, 6) is 0. The van der Waals surface area contributed by atoms with Gasteiger partial charge in [-0.25, -0.2) is 9.97 Å². The second kappa shape index (κ2) is 5.64. The Morgan fingerprint density at radius 3 is 2.40 bits per heavy atom. The van der Waals surface area contributed by atoms with Crippen LogP contribution in [0, 0.1) is 0 Å². The van der Waals surface area contributed by atoms with Crippen LogP contribution >= 0.6 is 31.9 Å². The van der Waals surface area contributed by atoms with Crippen LogP contribution in [-0.2, 0) is 0 Å². The molecule has 0 saturated carbocycles. The number of imidazole rings is 1. The summed E-state index contributed by atoms with van der Waals surface area (Å²) in [4.78, 5) is 9.85. The van der Waals surface area contributed by atoms with Crippen molar-refractivity contribution in [2.24, 2.45) is 0 Å². The molecule has 0 unspecified atom stereocenters. The summed E-state index contributed by atoms with van der Waals surface area (Å²) in [5.41, 5.74) is 5.84. The van der Waals surface area contributed by atoms with Crippen LogP contribution in [0.1, 0.15) is 0 Å². The first-order chi connectivity index (χ1) is 12.2. The molecule has 3 nitrogen and oxygen atoms in total. The zero-order valence-electron chi connectivity index (χ0n) is 12.9. The molecule has 3 aromatic heterocycles. The number of benzene rings is 2. The first-order valence-corrected chi connectivity index (χ1v) is 9.41. The smallest absolute Gasteiger partial charge is 0.137 e. The van der Waals surface area contributed by atoms with Crippen LogP contribution in [0.5, 0.6) is 0 Å². The monoisotopic (exact) mass is 451 g/mol. The third-order valence-corrected chi connectivity index (χ3v) is 5.20.